The summed E-state index contributed by atoms with van der Waals surface area (Å²) in [7, 11) is -3.68. The zero-order valence-corrected chi connectivity index (χ0v) is 17.2. The molecule has 8 heteroatoms. The summed E-state index contributed by atoms with van der Waals surface area (Å²) in [6, 6.07) is 6.69. The summed E-state index contributed by atoms with van der Waals surface area (Å²) < 4.78 is 31.6. The predicted molar refractivity (Wildman–Crippen MR) is 112 cm³/mol. The molecule has 0 aliphatic heterocycles. The maximum absolute atomic E-state index is 12.9. The van der Waals surface area contributed by atoms with Crippen LogP contribution in [0, 0.1) is 5.92 Å². The Morgan fingerprint density at radius 1 is 1.20 bits per heavy atom. The second-order valence-electron chi connectivity index (χ2n) is 7.83. The van der Waals surface area contributed by atoms with Crippen LogP contribution >= 0.6 is 0 Å². The molecular weight excluding hydrogens is 406 g/mol. The van der Waals surface area contributed by atoms with Crippen molar-refractivity contribution in [1.82, 2.24) is 0 Å². The van der Waals surface area contributed by atoms with Crippen LogP contribution in [0.15, 0.2) is 45.5 Å². The number of nitrogens with one attached hydrogen (secondary N) is 1. The van der Waals surface area contributed by atoms with E-state index in [1.54, 1.807) is 24.3 Å². The fourth-order valence-electron chi connectivity index (χ4n) is 4.12. The Kier molecular flexibility index (Phi) is 5.27. The summed E-state index contributed by atoms with van der Waals surface area (Å²) in [6.45, 7) is 3.28. The van der Waals surface area contributed by atoms with E-state index in [9.17, 15) is 23.1 Å². The van der Waals surface area contributed by atoms with Crippen molar-refractivity contribution >= 4 is 21.5 Å². The highest BCUT2D eigenvalue weighted by molar-refractivity contribution is 7.95. The lowest BCUT2D eigenvalue weighted by molar-refractivity contribution is 0.0976. The van der Waals surface area contributed by atoms with Crippen LogP contribution < -0.4 is 10.3 Å². The summed E-state index contributed by atoms with van der Waals surface area (Å²) in [5.74, 6) is -0.639. The van der Waals surface area contributed by atoms with Gasteiger partial charge >= 0.3 is 5.63 Å². The number of Topliss-reactive ketones (excluding diaryl/α,β-unsaturated/α-hetero) is 1. The van der Waals surface area contributed by atoms with Crippen LogP contribution in [-0.2, 0) is 16.4 Å². The molecule has 7 nitrogen and oxygen atoms in total. The third-order valence-corrected chi connectivity index (χ3v) is 6.63. The fourth-order valence-corrected chi connectivity index (χ4v) is 4.66. The number of benzene rings is 1. The first kappa shape index (κ1) is 20.4. The number of sulfonamides is 1. The smallest absolute Gasteiger partial charge is 0.343 e. The first-order chi connectivity index (χ1) is 14.3. The van der Waals surface area contributed by atoms with Crippen LogP contribution in [0.1, 0.15) is 65.3 Å². The van der Waals surface area contributed by atoms with E-state index in [0.717, 1.165) is 24.7 Å². The predicted octanol–water partition coefficient (Wildman–Crippen LogP) is 3.68. The molecular formula is C22H23NO6S. The lowest BCUT2D eigenvalue weighted by atomic mass is 9.86. The summed E-state index contributed by atoms with van der Waals surface area (Å²) in [5.41, 5.74) is 0.555. The van der Waals surface area contributed by atoms with Crippen molar-refractivity contribution in [2.75, 3.05) is 4.72 Å². The summed E-state index contributed by atoms with van der Waals surface area (Å²) in [6.07, 6.45) is 3.87. The van der Waals surface area contributed by atoms with Crippen LogP contribution in [0.25, 0.3) is 0 Å². The number of aryl methyl sites for hydroxylation is 1. The van der Waals surface area contributed by atoms with Crippen molar-refractivity contribution in [3.63, 3.8) is 0 Å². The van der Waals surface area contributed by atoms with Crippen LogP contribution in [0.2, 0.25) is 0 Å². The van der Waals surface area contributed by atoms with Gasteiger partial charge in [-0.05, 0) is 49.3 Å². The van der Waals surface area contributed by atoms with Gasteiger partial charge in [0.15, 0.2) is 5.78 Å². The third-order valence-electron chi connectivity index (χ3n) is 5.67. The quantitative estimate of drug-likeness (QED) is 0.677. The molecule has 1 heterocycles. The van der Waals surface area contributed by atoms with Gasteiger partial charge in [0.2, 0.25) is 0 Å². The number of carbonyl (C=O) groups is 1. The second kappa shape index (κ2) is 7.75. The van der Waals surface area contributed by atoms with E-state index in [-0.39, 0.29) is 34.3 Å². The van der Waals surface area contributed by atoms with E-state index in [1.807, 2.05) is 0 Å². The largest absolute Gasteiger partial charge is 0.506 e. The average Bonchev–Trinajstić information content (AvgIpc) is 3.53. The minimum absolute atomic E-state index is 0.0789. The monoisotopic (exact) mass is 429 g/mol. The molecule has 2 aromatic rings. The van der Waals surface area contributed by atoms with Gasteiger partial charge in [-0.3, -0.25) is 9.52 Å². The molecule has 1 aromatic carbocycles. The van der Waals surface area contributed by atoms with Crippen molar-refractivity contribution < 1.29 is 22.7 Å². The molecule has 0 radical (unpaired) electrons. The summed E-state index contributed by atoms with van der Waals surface area (Å²) >= 11 is 0. The maximum Gasteiger partial charge on any atom is 0.343 e. The van der Waals surface area contributed by atoms with Gasteiger partial charge in [0.1, 0.15) is 11.5 Å². The lowest BCUT2D eigenvalue weighted by Gasteiger charge is -2.20. The minimum atomic E-state index is -3.68. The molecule has 1 fully saturated rings. The Morgan fingerprint density at radius 2 is 1.93 bits per heavy atom. The van der Waals surface area contributed by atoms with Gasteiger partial charge in [-0.2, -0.15) is 0 Å². The molecule has 2 aliphatic rings. The zero-order chi connectivity index (χ0) is 21.5. The van der Waals surface area contributed by atoms with E-state index in [2.05, 4.69) is 11.3 Å². The molecule has 1 atom stereocenters. The second-order valence-corrected chi connectivity index (χ2v) is 9.46. The van der Waals surface area contributed by atoms with Crippen LogP contribution in [-0.4, -0.2) is 19.3 Å². The Balaban J connectivity index is 1.83. The third kappa shape index (κ3) is 3.92. The van der Waals surface area contributed by atoms with Crippen molar-refractivity contribution in [3.05, 3.63) is 69.1 Å². The van der Waals surface area contributed by atoms with Crippen molar-refractivity contribution in [1.29, 1.82) is 0 Å². The average molecular weight is 429 g/mol. The van der Waals surface area contributed by atoms with Gasteiger partial charge in [0.25, 0.3) is 10.0 Å². The number of rotatable bonds is 6. The number of aromatic hydroxyl groups is 1. The van der Waals surface area contributed by atoms with Gasteiger partial charge in [-0.25, -0.2) is 13.2 Å². The van der Waals surface area contributed by atoms with Crippen LogP contribution in [0.3, 0.4) is 0 Å². The van der Waals surface area contributed by atoms with E-state index < -0.39 is 21.6 Å². The van der Waals surface area contributed by atoms with Crippen LogP contribution in [0.5, 0.6) is 5.75 Å². The summed E-state index contributed by atoms with van der Waals surface area (Å²) in [4.78, 5) is 25.4. The van der Waals surface area contributed by atoms with E-state index in [4.69, 9.17) is 4.42 Å². The van der Waals surface area contributed by atoms with Gasteiger partial charge in [0, 0.05) is 29.9 Å². The standard InChI is InChI=1S/C22H23NO6S/c1-2-30(27,28)23-15-7-5-6-14(12-15)18(13-10-11-13)20-21(25)19-16(24)8-3-4-9-17(19)29-22(20)26/h2,5-7,12-13,18,23,25H,1,3-4,8-11H2. The van der Waals surface area contributed by atoms with Gasteiger partial charge < -0.3 is 9.52 Å². The normalized spacial score (nSPS) is 17.7. The molecule has 158 valence electrons. The topological polar surface area (TPSA) is 114 Å². The zero-order valence-electron chi connectivity index (χ0n) is 16.4. The van der Waals surface area contributed by atoms with Crippen molar-refractivity contribution in [2.24, 2.45) is 5.92 Å². The number of hydrogen-bond donors (Lipinski definition) is 2. The molecule has 1 unspecified atom stereocenters. The molecule has 0 bridgehead atoms. The molecule has 1 saturated carbocycles. The number of fused-ring (bicyclic) bond motifs is 1. The maximum atomic E-state index is 12.9. The van der Waals surface area contributed by atoms with Gasteiger partial charge in [-0.1, -0.05) is 18.7 Å². The molecule has 1 aromatic heterocycles. The summed E-state index contributed by atoms with van der Waals surface area (Å²) in [5, 5.41) is 11.8. The Labute approximate surface area is 174 Å². The SMILES string of the molecule is C=CS(=O)(=O)Nc1cccc(C(c2c(O)c3c(oc2=O)CCCCC3=O)C2CC2)c1. The van der Waals surface area contributed by atoms with Gasteiger partial charge in [-0.15, -0.1) is 0 Å². The molecule has 2 aliphatic carbocycles. The Hall–Kier alpha value is -2.87. The van der Waals surface area contributed by atoms with Crippen molar-refractivity contribution in [2.45, 2.75) is 44.4 Å². The van der Waals surface area contributed by atoms with E-state index in [0.29, 0.717) is 30.5 Å². The molecule has 0 saturated heterocycles. The molecule has 30 heavy (non-hydrogen) atoms. The number of carbonyl (C=O) groups excluding carboxylic acids is 1. The number of hydrogen-bond acceptors (Lipinski definition) is 6. The molecule has 0 spiro atoms. The van der Waals surface area contributed by atoms with E-state index >= 15 is 0 Å². The highest BCUT2D eigenvalue weighted by Crippen LogP contribution is 2.49. The Bertz CT molecular complexity index is 1180. The van der Waals surface area contributed by atoms with E-state index in [1.165, 1.54) is 0 Å². The minimum Gasteiger partial charge on any atom is -0.506 e. The highest BCUT2D eigenvalue weighted by Gasteiger charge is 2.39. The molecule has 4 rings (SSSR count). The molecule has 2 N–H and O–H groups in total. The first-order valence-corrected chi connectivity index (χ1v) is 11.5. The first-order valence-electron chi connectivity index (χ1n) is 9.98. The Morgan fingerprint density at radius 3 is 2.63 bits per heavy atom. The molecule has 0 amide bonds. The number of anilines is 1. The lowest BCUT2D eigenvalue weighted by Crippen LogP contribution is -2.19. The fraction of sp³-hybridized carbons (Fsp3) is 0.364. The number of ketones is 1. The van der Waals surface area contributed by atoms with Gasteiger partial charge in [0.05, 0.1) is 11.1 Å². The highest BCUT2D eigenvalue weighted by atomic mass is 32.2. The van der Waals surface area contributed by atoms with Crippen LogP contribution in [0.4, 0.5) is 5.69 Å². The van der Waals surface area contributed by atoms with Crippen molar-refractivity contribution in [3.8, 4) is 5.75 Å².